The first-order valence-electron chi connectivity index (χ1n) is 12.4. The lowest BCUT2D eigenvalue weighted by Gasteiger charge is -2.21. The van der Waals surface area contributed by atoms with Crippen LogP contribution < -0.4 is 15.5 Å². The van der Waals surface area contributed by atoms with E-state index in [0.717, 1.165) is 9.87 Å². The van der Waals surface area contributed by atoms with Gasteiger partial charge in [-0.05, 0) is 59.7 Å². The van der Waals surface area contributed by atoms with E-state index in [1.165, 1.54) is 18.3 Å². The zero-order valence-electron chi connectivity index (χ0n) is 21.5. The van der Waals surface area contributed by atoms with Crippen LogP contribution in [0.15, 0.2) is 125 Å². The van der Waals surface area contributed by atoms with Crippen molar-refractivity contribution >= 4 is 33.7 Å². The van der Waals surface area contributed by atoms with Crippen molar-refractivity contribution < 1.29 is 22.7 Å². The molecule has 0 aromatic heterocycles. The number of hydrogen-bond donors (Lipinski definition) is 2. The number of carbonyl (C=O) groups is 2. The van der Waals surface area contributed by atoms with Crippen molar-refractivity contribution in [3.8, 4) is 5.75 Å². The van der Waals surface area contributed by atoms with E-state index in [-0.39, 0.29) is 24.0 Å². The molecule has 0 bridgehead atoms. The van der Waals surface area contributed by atoms with Gasteiger partial charge in [0.25, 0.3) is 11.8 Å². The minimum atomic E-state index is -3.93. The molecular formula is C30H28N4O5S. The van der Waals surface area contributed by atoms with E-state index in [0.29, 0.717) is 17.0 Å². The zero-order valence-corrected chi connectivity index (χ0v) is 22.3. The number of rotatable bonds is 12. The molecule has 0 spiro atoms. The van der Waals surface area contributed by atoms with E-state index >= 15 is 0 Å². The number of para-hydroxylation sites is 1. The van der Waals surface area contributed by atoms with Gasteiger partial charge in [-0.25, -0.2) is 13.8 Å². The predicted octanol–water partition coefficient (Wildman–Crippen LogP) is 4.05. The third-order valence-electron chi connectivity index (χ3n) is 5.61. The average molecular weight is 557 g/mol. The van der Waals surface area contributed by atoms with E-state index in [9.17, 15) is 18.0 Å². The van der Waals surface area contributed by atoms with Crippen LogP contribution >= 0.6 is 0 Å². The van der Waals surface area contributed by atoms with E-state index in [1.807, 2.05) is 36.4 Å². The number of hydrazone groups is 1. The highest BCUT2D eigenvalue weighted by molar-refractivity contribution is 7.89. The van der Waals surface area contributed by atoms with E-state index < -0.39 is 22.5 Å². The molecule has 204 valence electrons. The summed E-state index contributed by atoms with van der Waals surface area (Å²) in [5.41, 5.74) is 4.49. The minimum absolute atomic E-state index is 0.0278. The molecular weight excluding hydrogens is 528 g/mol. The molecule has 0 aliphatic carbocycles. The molecule has 0 fully saturated rings. The second-order valence-electron chi connectivity index (χ2n) is 8.64. The summed E-state index contributed by atoms with van der Waals surface area (Å²) in [5, 5.41) is 6.70. The Balaban J connectivity index is 1.31. The van der Waals surface area contributed by atoms with Gasteiger partial charge in [-0.3, -0.25) is 9.59 Å². The molecule has 0 saturated heterocycles. The summed E-state index contributed by atoms with van der Waals surface area (Å²) in [6.45, 7) is -0.537. The predicted molar refractivity (Wildman–Crippen MR) is 153 cm³/mol. The van der Waals surface area contributed by atoms with Gasteiger partial charge in [-0.2, -0.15) is 9.41 Å². The van der Waals surface area contributed by atoms with Crippen molar-refractivity contribution in [2.75, 3.05) is 18.5 Å². The van der Waals surface area contributed by atoms with E-state index in [2.05, 4.69) is 15.8 Å². The Morgan fingerprint density at radius 3 is 2.02 bits per heavy atom. The zero-order chi connectivity index (χ0) is 28.2. The first-order chi connectivity index (χ1) is 19.4. The van der Waals surface area contributed by atoms with Crippen LogP contribution in [0.2, 0.25) is 0 Å². The molecule has 0 radical (unpaired) electrons. The number of amides is 2. The van der Waals surface area contributed by atoms with Crippen molar-refractivity contribution in [1.29, 1.82) is 0 Å². The molecule has 10 heteroatoms. The molecule has 0 saturated carbocycles. The van der Waals surface area contributed by atoms with Gasteiger partial charge in [-0.1, -0.05) is 66.7 Å². The summed E-state index contributed by atoms with van der Waals surface area (Å²) in [6.07, 6.45) is 1.43. The van der Waals surface area contributed by atoms with Crippen LogP contribution in [0, 0.1) is 0 Å². The average Bonchev–Trinajstić information content (AvgIpc) is 2.98. The smallest absolute Gasteiger partial charge is 0.262 e. The monoisotopic (exact) mass is 556 g/mol. The van der Waals surface area contributed by atoms with Gasteiger partial charge < -0.3 is 10.1 Å². The third kappa shape index (κ3) is 8.35. The van der Waals surface area contributed by atoms with Crippen LogP contribution in [0.3, 0.4) is 0 Å². The Morgan fingerprint density at radius 2 is 1.38 bits per heavy atom. The maximum Gasteiger partial charge on any atom is 0.262 e. The summed E-state index contributed by atoms with van der Waals surface area (Å²) >= 11 is 0. The Bertz CT molecular complexity index is 1530. The summed E-state index contributed by atoms with van der Waals surface area (Å²) in [4.78, 5) is 24.8. The maximum atomic E-state index is 13.3. The van der Waals surface area contributed by atoms with Gasteiger partial charge in [0, 0.05) is 12.2 Å². The van der Waals surface area contributed by atoms with Gasteiger partial charge in [0.1, 0.15) is 5.75 Å². The highest BCUT2D eigenvalue weighted by Gasteiger charge is 2.26. The number of anilines is 1. The molecule has 2 amide bonds. The van der Waals surface area contributed by atoms with E-state index in [4.69, 9.17) is 4.74 Å². The fourth-order valence-electron chi connectivity index (χ4n) is 3.65. The van der Waals surface area contributed by atoms with Crippen molar-refractivity contribution in [2.24, 2.45) is 5.10 Å². The number of nitrogens with one attached hydrogen (secondary N) is 2. The number of benzene rings is 4. The van der Waals surface area contributed by atoms with Gasteiger partial charge in [0.15, 0.2) is 6.61 Å². The Hall–Kier alpha value is -4.80. The number of carbonyl (C=O) groups excluding carboxylic acids is 2. The molecule has 0 aliphatic heterocycles. The quantitative estimate of drug-likeness (QED) is 0.202. The fourth-order valence-corrected chi connectivity index (χ4v) is 5.05. The molecule has 0 aliphatic rings. The van der Waals surface area contributed by atoms with Crippen LogP contribution in [0.25, 0.3) is 0 Å². The molecule has 4 aromatic rings. The van der Waals surface area contributed by atoms with Crippen LogP contribution in [-0.4, -0.2) is 43.9 Å². The molecule has 0 unspecified atom stereocenters. The second-order valence-corrected chi connectivity index (χ2v) is 10.6. The number of sulfonamides is 1. The Morgan fingerprint density at radius 1 is 0.775 bits per heavy atom. The van der Waals surface area contributed by atoms with Gasteiger partial charge in [0.05, 0.1) is 17.7 Å². The fraction of sp³-hybridized carbons (Fsp3) is 0.100. The summed E-state index contributed by atoms with van der Waals surface area (Å²) in [7, 11) is -3.93. The van der Waals surface area contributed by atoms with Crippen molar-refractivity contribution in [1.82, 2.24) is 9.73 Å². The maximum absolute atomic E-state index is 13.3. The largest absolute Gasteiger partial charge is 0.484 e. The van der Waals surface area contributed by atoms with Gasteiger partial charge in [0.2, 0.25) is 10.0 Å². The molecule has 4 rings (SSSR count). The summed E-state index contributed by atoms with van der Waals surface area (Å²) in [6, 6.07) is 32.9. The molecule has 40 heavy (non-hydrogen) atoms. The lowest BCUT2D eigenvalue weighted by molar-refractivity contribution is -0.121. The standard InChI is InChI=1S/C30H28N4O5S/c35-29(22-34(21-25-10-4-1-5-11-25)40(37,38)28-14-8-3-9-15-28)33-31-20-24-16-18-27(19-17-24)39-23-30(36)32-26-12-6-2-7-13-26/h1-20H,21-23H2,(H,32,36)(H,33,35)/b31-20-. The first kappa shape index (κ1) is 28.2. The summed E-state index contributed by atoms with van der Waals surface area (Å²) in [5.74, 6) is -0.377. The molecule has 0 heterocycles. The summed E-state index contributed by atoms with van der Waals surface area (Å²) < 4.78 is 33.1. The minimum Gasteiger partial charge on any atom is -0.484 e. The highest BCUT2D eigenvalue weighted by atomic mass is 32.2. The van der Waals surface area contributed by atoms with Crippen molar-refractivity contribution in [3.63, 3.8) is 0 Å². The molecule has 9 nitrogen and oxygen atoms in total. The normalized spacial score (nSPS) is 11.3. The first-order valence-corrected chi connectivity index (χ1v) is 13.8. The van der Waals surface area contributed by atoms with Gasteiger partial charge in [-0.15, -0.1) is 0 Å². The Labute approximate surface area is 233 Å². The highest BCUT2D eigenvalue weighted by Crippen LogP contribution is 2.18. The van der Waals surface area contributed by atoms with E-state index in [1.54, 1.807) is 66.7 Å². The molecule has 0 atom stereocenters. The Kier molecular flexibility index (Phi) is 9.76. The molecule has 2 N–H and O–H groups in total. The van der Waals surface area contributed by atoms with Gasteiger partial charge >= 0.3 is 0 Å². The lowest BCUT2D eigenvalue weighted by atomic mass is 10.2. The second kappa shape index (κ2) is 13.8. The van der Waals surface area contributed by atoms with Crippen LogP contribution in [0.4, 0.5) is 5.69 Å². The molecule has 4 aromatic carbocycles. The van der Waals surface area contributed by atoms with Crippen LogP contribution in [0.1, 0.15) is 11.1 Å². The lowest BCUT2D eigenvalue weighted by Crippen LogP contribution is -2.39. The van der Waals surface area contributed by atoms with Crippen molar-refractivity contribution in [3.05, 3.63) is 126 Å². The number of hydrogen-bond acceptors (Lipinski definition) is 6. The number of ether oxygens (including phenoxy) is 1. The van der Waals surface area contributed by atoms with Crippen LogP contribution in [0.5, 0.6) is 5.75 Å². The van der Waals surface area contributed by atoms with Crippen LogP contribution in [-0.2, 0) is 26.2 Å². The SMILES string of the molecule is O=C(CN(Cc1ccccc1)S(=O)(=O)c1ccccc1)N/N=C\c1ccc(OCC(=O)Nc2ccccc2)cc1. The van der Waals surface area contributed by atoms with Crippen molar-refractivity contribution in [2.45, 2.75) is 11.4 Å². The third-order valence-corrected chi connectivity index (χ3v) is 7.42. The topological polar surface area (TPSA) is 117 Å². The number of nitrogens with zero attached hydrogens (tertiary/aromatic N) is 2.